The van der Waals surface area contributed by atoms with E-state index in [0.717, 1.165) is 0 Å². The number of carbonyl (C=O) groups excluding carboxylic acids is 1. The topological polar surface area (TPSA) is 55.8 Å². The minimum absolute atomic E-state index is 0.319. The molecule has 0 aliphatic heterocycles. The molecule has 0 heterocycles. The first-order valence-electron chi connectivity index (χ1n) is 4.82. The van der Waals surface area contributed by atoms with E-state index >= 15 is 0 Å². The number of allylic oxidation sites excluding steroid dienone is 1. The van der Waals surface area contributed by atoms with Crippen molar-refractivity contribution < 1.29 is 19.7 Å². The molecule has 0 aromatic heterocycles. The van der Waals surface area contributed by atoms with Crippen LogP contribution in [0.2, 0.25) is 0 Å². The summed E-state index contributed by atoms with van der Waals surface area (Å²) >= 11 is 0. The van der Waals surface area contributed by atoms with Gasteiger partial charge >= 0.3 is 0 Å². The summed E-state index contributed by atoms with van der Waals surface area (Å²) in [4.78, 5) is 20.8. The smallest absolute Gasteiger partial charge is 0.288 e. The Labute approximate surface area is 94.0 Å². The van der Waals surface area contributed by atoms with E-state index in [1.54, 1.807) is 37.3 Å². The molecule has 16 heavy (non-hydrogen) atoms. The molecule has 4 heteroatoms. The van der Waals surface area contributed by atoms with Gasteiger partial charge in [-0.25, -0.2) is 4.89 Å². The van der Waals surface area contributed by atoms with Gasteiger partial charge in [-0.2, -0.15) is 4.89 Å². The van der Waals surface area contributed by atoms with E-state index in [9.17, 15) is 9.90 Å². The highest BCUT2D eigenvalue weighted by Gasteiger charge is 2.38. The van der Waals surface area contributed by atoms with Crippen molar-refractivity contribution in [1.82, 2.24) is 0 Å². The molecule has 0 saturated carbocycles. The molecule has 0 amide bonds. The molecule has 1 atom stereocenters. The standard InChI is InChI=1S/C12H14O4/c1-3-7-11(13)12(14,16-15-2)10-8-5-4-6-9-10/h3-9,14H,1-2H3/b7-3+. The fourth-order valence-electron chi connectivity index (χ4n) is 1.28. The average molecular weight is 222 g/mol. The Kier molecular flexibility index (Phi) is 4.37. The van der Waals surface area contributed by atoms with Crippen molar-refractivity contribution in [2.24, 2.45) is 0 Å². The zero-order chi connectivity index (χ0) is 12.0. The van der Waals surface area contributed by atoms with E-state index in [2.05, 4.69) is 9.78 Å². The van der Waals surface area contributed by atoms with Gasteiger partial charge in [-0.15, -0.1) is 0 Å². The predicted molar refractivity (Wildman–Crippen MR) is 58.3 cm³/mol. The Balaban J connectivity index is 3.11. The third-order valence-corrected chi connectivity index (χ3v) is 2.02. The minimum atomic E-state index is -2.09. The van der Waals surface area contributed by atoms with Crippen LogP contribution in [-0.4, -0.2) is 18.0 Å². The highest BCUT2D eigenvalue weighted by atomic mass is 17.2. The maximum atomic E-state index is 11.7. The zero-order valence-electron chi connectivity index (χ0n) is 9.21. The Morgan fingerprint density at radius 2 is 2.00 bits per heavy atom. The fraction of sp³-hybridized carbons (Fsp3) is 0.250. The maximum absolute atomic E-state index is 11.7. The molecule has 0 aliphatic rings. The fourth-order valence-corrected chi connectivity index (χ4v) is 1.28. The number of ketones is 1. The second-order valence-electron chi connectivity index (χ2n) is 3.12. The summed E-state index contributed by atoms with van der Waals surface area (Å²) in [6.45, 7) is 1.68. The van der Waals surface area contributed by atoms with Crippen LogP contribution in [0, 0.1) is 0 Å². The summed E-state index contributed by atoms with van der Waals surface area (Å²) in [6.07, 6.45) is 2.75. The summed E-state index contributed by atoms with van der Waals surface area (Å²) < 4.78 is 0. The Bertz CT molecular complexity index is 372. The van der Waals surface area contributed by atoms with E-state index in [0.29, 0.717) is 5.56 Å². The number of hydrogen-bond donors (Lipinski definition) is 1. The average Bonchev–Trinajstić information content (AvgIpc) is 2.30. The van der Waals surface area contributed by atoms with Gasteiger partial charge in [0.1, 0.15) is 0 Å². The Hall–Kier alpha value is -1.49. The van der Waals surface area contributed by atoms with Crippen molar-refractivity contribution >= 4 is 5.78 Å². The van der Waals surface area contributed by atoms with Crippen LogP contribution in [0.3, 0.4) is 0 Å². The summed E-state index contributed by atoms with van der Waals surface area (Å²) in [5.74, 6) is -2.69. The lowest BCUT2D eigenvalue weighted by molar-refractivity contribution is -0.395. The molecule has 0 bridgehead atoms. The first kappa shape index (κ1) is 12.6. The number of aliphatic hydroxyl groups is 1. The molecule has 1 unspecified atom stereocenters. The molecule has 1 aromatic carbocycles. The van der Waals surface area contributed by atoms with Crippen molar-refractivity contribution in [2.75, 3.05) is 7.11 Å². The number of hydrogen-bond acceptors (Lipinski definition) is 4. The first-order valence-corrected chi connectivity index (χ1v) is 4.82. The van der Waals surface area contributed by atoms with Gasteiger partial charge in [0.15, 0.2) is 0 Å². The monoisotopic (exact) mass is 222 g/mol. The maximum Gasteiger partial charge on any atom is 0.288 e. The molecule has 0 saturated heterocycles. The lowest BCUT2D eigenvalue weighted by atomic mass is 10.0. The lowest BCUT2D eigenvalue weighted by Gasteiger charge is -2.23. The van der Waals surface area contributed by atoms with Gasteiger partial charge in [-0.05, 0) is 13.0 Å². The van der Waals surface area contributed by atoms with Gasteiger partial charge in [0.2, 0.25) is 5.78 Å². The van der Waals surface area contributed by atoms with Crippen molar-refractivity contribution in [2.45, 2.75) is 12.7 Å². The molecule has 1 N–H and O–H groups in total. The van der Waals surface area contributed by atoms with E-state index < -0.39 is 11.6 Å². The number of carbonyl (C=O) groups is 1. The van der Waals surface area contributed by atoms with Crippen LogP contribution in [0.1, 0.15) is 12.5 Å². The van der Waals surface area contributed by atoms with Crippen molar-refractivity contribution in [3.63, 3.8) is 0 Å². The molecule has 0 radical (unpaired) electrons. The molecule has 1 rings (SSSR count). The van der Waals surface area contributed by atoms with Crippen LogP contribution in [0.5, 0.6) is 0 Å². The number of benzene rings is 1. The van der Waals surface area contributed by atoms with Gasteiger partial charge in [-0.3, -0.25) is 4.79 Å². The van der Waals surface area contributed by atoms with E-state index in [-0.39, 0.29) is 0 Å². The lowest BCUT2D eigenvalue weighted by Crippen LogP contribution is -2.37. The highest BCUT2D eigenvalue weighted by molar-refractivity contribution is 5.96. The summed E-state index contributed by atoms with van der Waals surface area (Å²) in [7, 11) is 1.23. The van der Waals surface area contributed by atoms with Gasteiger partial charge in [0, 0.05) is 5.56 Å². The zero-order valence-corrected chi connectivity index (χ0v) is 9.21. The van der Waals surface area contributed by atoms with Crippen molar-refractivity contribution in [1.29, 1.82) is 0 Å². The van der Waals surface area contributed by atoms with Gasteiger partial charge in [-0.1, -0.05) is 36.4 Å². The quantitative estimate of drug-likeness (QED) is 0.355. The normalized spacial score (nSPS) is 14.9. The summed E-state index contributed by atoms with van der Waals surface area (Å²) in [5.41, 5.74) is 0.319. The predicted octanol–water partition coefficient (Wildman–Crippen LogP) is 1.55. The van der Waals surface area contributed by atoms with E-state index in [1.807, 2.05) is 0 Å². The summed E-state index contributed by atoms with van der Waals surface area (Å²) in [5, 5.41) is 10.1. The SMILES string of the molecule is C/C=C/C(=O)C(O)(OOC)c1ccccc1. The molecular weight excluding hydrogens is 208 g/mol. The molecule has 0 fully saturated rings. The molecule has 0 aliphatic carbocycles. The van der Waals surface area contributed by atoms with Crippen LogP contribution in [0.25, 0.3) is 0 Å². The van der Waals surface area contributed by atoms with Crippen molar-refractivity contribution in [3.8, 4) is 0 Å². The van der Waals surface area contributed by atoms with Crippen molar-refractivity contribution in [3.05, 3.63) is 48.0 Å². The van der Waals surface area contributed by atoms with E-state index in [1.165, 1.54) is 19.3 Å². The second kappa shape index (κ2) is 5.55. The van der Waals surface area contributed by atoms with E-state index in [4.69, 9.17) is 0 Å². The third kappa shape index (κ3) is 2.55. The van der Waals surface area contributed by atoms with Crippen LogP contribution >= 0.6 is 0 Å². The van der Waals surface area contributed by atoms with Gasteiger partial charge < -0.3 is 5.11 Å². The largest absolute Gasteiger partial charge is 0.354 e. The van der Waals surface area contributed by atoms with Crippen LogP contribution in [-0.2, 0) is 20.4 Å². The van der Waals surface area contributed by atoms with Crippen LogP contribution in [0.15, 0.2) is 42.5 Å². The first-order chi connectivity index (χ1) is 7.65. The van der Waals surface area contributed by atoms with Gasteiger partial charge in [0.05, 0.1) is 7.11 Å². The molecule has 86 valence electrons. The molecule has 4 nitrogen and oxygen atoms in total. The molecular formula is C12H14O4. The Morgan fingerprint density at radius 1 is 1.38 bits per heavy atom. The third-order valence-electron chi connectivity index (χ3n) is 2.02. The molecule has 0 spiro atoms. The van der Waals surface area contributed by atoms with Gasteiger partial charge in [0.25, 0.3) is 5.79 Å². The highest BCUT2D eigenvalue weighted by Crippen LogP contribution is 2.24. The Morgan fingerprint density at radius 3 is 2.50 bits per heavy atom. The summed E-state index contributed by atoms with van der Waals surface area (Å²) in [6, 6.07) is 8.34. The minimum Gasteiger partial charge on any atom is -0.354 e. The van der Waals surface area contributed by atoms with Crippen LogP contribution in [0.4, 0.5) is 0 Å². The van der Waals surface area contributed by atoms with Crippen LogP contribution < -0.4 is 0 Å². The second-order valence-corrected chi connectivity index (χ2v) is 3.12. The molecule has 1 aromatic rings. The number of rotatable bonds is 5.